The second kappa shape index (κ2) is 5.97. The molecule has 6 heteroatoms. The first-order valence-electron chi connectivity index (χ1n) is 5.12. The number of hydrogen-bond donors (Lipinski definition) is 1. The summed E-state index contributed by atoms with van der Waals surface area (Å²) < 4.78 is 39.9. The molecule has 0 aliphatic rings. The Kier molecular flexibility index (Phi) is 4.89. The molecular weight excluding hydrogens is 247 g/mol. The van der Waals surface area contributed by atoms with Crippen LogP contribution in [-0.4, -0.2) is 32.1 Å². The lowest BCUT2D eigenvalue weighted by molar-refractivity contribution is 0.262. The van der Waals surface area contributed by atoms with Gasteiger partial charge in [0.15, 0.2) is 0 Å². The lowest BCUT2D eigenvalue weighted by atomic mass is 10.2. The summed E-state index contributed by atoms with van der Waals surface area (Å²) in [5.74, 6) is -0.0252. The second-order valence-corrected chi connectivity index (χ2v) is 6.00. The Morgan fingerprint density at radius 3 is 2.71 bits per heavy atom. The van der Waals surface area contributed by atoms with Gasteiger partial charge in [0.05, 0.1) is 19.0 Å². The Hall–Kier alpha value is -1.14. The van der Waals surface area contributed by atoms with Crippen LogP contribution in [0.25, 0.3) is 0 Å². The Balaban J connectivity index is 2.52. The fourth-order valence-corrected chi connectivity index (χ4v) is 1.96. The monoisotopic (exact) mass is 262 g/mol. The molecule has 0 heterocycles. The van der Waals surface area contributed by atoms with E-state index in [2.05, 4.69) is 0 Å². The number of aliphatic hydroxyl groups excluding tert-OH is 1. The van der Waals surface area contributed by atoms with Crippen LogP contribution in [0.15, 0.2) is 18.2 Å². The highest BCUT2D eigenvalue weighted by Crippen LogP contribution is 2.19. The molecule has 0 saturated heterocycles. The largest absolute Gasteiger partial charge is 0.493 e. The van der Waals surface area contributed by atoms with Crippen LogP contribution in [0.1, 0.15) is 12.0 Å². The van der Waals surface area contributed by atoms with Crippen LogP contribution >= 0.6 is 0 Å². The van der Waals surface area contributed by atoms with Gasteiger partial charge in [-0.3, -0.25) is 0 Å². The summed E-state index contributed by atoms with van der Waals surface area (Å²) in [7, 11) is -2.99. The summed E-state index contributed by atoms with van der Waals surface area (Å²) in [6.07, 6.45) is 1.52. The van der Waals surface area contributed by atoms with Crippen molar-refractivity contribution in [2.45, 2.75) is 13.0 Å². The number of halogens is 1. The van der Waals surface area contributed by atoms with E-state index in [4.69, 9.17) is 9.84 Å². The maximum absolute atomic E-state index is 12.8. The molecule has 17 heavy (non-hydrogen) atoms. The van der Waals surface area contributed by atoms with Gasteiger partial charge in [0.1, 0.15) is 21.4 Å². The van der Waals surface area contributed by atoms with E-state index in [0.717, 1.165) is 6.26 Å². The van der Waals surface area contributed by atoms with E-state index in [-0.39, 0.29) is 19.0 Å². The Morgan fingerprint density at radius 1 is 1.41 bits per heavy atom. The standard InChI is InChI=1S/C11H15FO4S/c1-17(14,15)6-2-5-16-11-4-3-10(12)7-9(11)8-13/h3-4,7,13H,2,5-6,8H2,1H3. The van der Waals surface area contributed by atoms with Crippen molar-refractivity contribution in [3.05, 3.63) is 29.6 Å². The van der Waals surface area contributed by atoms with Gasteiger partial charge in [-0.15, -0.1) is 0 Å². The fourth-order valence-electron chi connectivity index (χ4n) is 1.32. The zero-order valence-corrected chi connectivity index (χ0v) is 10.3. The highest BCUT2D eigenvalue weighted by Gasteiger charge is 2.06. The molecule has 0 aromatic heterocycles. The summed E-state index contributed by atoms with van der Waals surface area (Å²) in [5.41, 5.74) is 0.351. The van der Waals surface area contributed by atoms with Crippen LogP contribution in [0.4, 0.5) is 4.39 Å². The zero-order valence-electron chi connectivity index (χ0n) is 9.52. The molecule has 0 fully saturated rings. The third kappa shape index (κ3) is 5.14. The van der Waals surface area contributed by atoms with Gasteiger partial charge in [-0.1, -0.05) is 0 Å². The van der Waals surface area contributed by atoms with Crippen molar-refractivity contribution >= 4 is 9.84 Å². The molecule has 0 radical (unpaired) electrons. The van der Waals surface area contributed by atoms with E-state index < -0.39 is 15.7 Å². The predicted molar refractivity (Wildman–Crippen MR) is 62.1 cm³/mol. The van der Waals surface area contributed by atoms with Gasteiger partial charge in [0.2, 0.25) is 0 Å². The number of sulfone groups is 1. The molecular formula is C11H15FO4S. The minimum atomic E-state index is -2.99. The SMILES string of the molecule is CS(=O)(=O)CCCOc1ccc(F)cc1CO. The van der Waals surface area contributed by atoms with Crippen molar-refractivity contribution in [2.24, 2.45) is 0 Å². The highest BCUT2D eigenvalue weighted by molar-refractivity contribution is 7.90. The minimum absolute atomic E-state index is 0.0443. The van der Waals surface area contributed by atoms with E-state index >= 15 is 0 Å². The van der Waals surface area contributed by atoms with Gasteiger partial charge in [-0.2, -0.15) is 0 Å². The average molecular weight is 262 g/mol. The topological polar surface area (TPSA) is 63.6 Å². The van der Waals surface area contributed by atoms with Gasteiger partial charge in [-0.05, 0) is 24.6 Å². The number of aliphatic hydroxyl groups is 1. The summed E-state index contributed by atoms with van der Waals surface area (Å²) in [6.45, 7) is -0.106. The third-order valence-electron chi connectivity index (χ3n) is 2.11. The van der Waals surface area contributed by atoms with Gasteiger partial charge in [0, 0.05) is 11.8 Å². The molecule has 0 spiro atoms. The lowest BCUT2D eigenvalue weighted by Crippen LogP contribution is -2.08. The van der Waals surface area contributed by atoms with Crippen LogP contribution in [0.5, 0.6) is 5.75 Å². The molecule has 96 valence electrons. The third-order valence-corrected chi connectivity index (χ3v) is 3.14. The van der Waals surface area contributed by atoms with E-state index in [1.807, 2.05) is 0 Å². The first-order valence-corrected chi connectivity index (χ1v) is 7.18. The van der Waals surface area contributed by atoms with Gasteiger partial charge < -0.3 is 9.84 Å². The first-order chi connectivity index (χ1) is 7.92. The van der Waals surface area contributed by atoms with Crippen molar-refractivity contribution in [1.29, 1.82) is 0 Å². The number of hydrogen-bond acceptors (Lipinski definition) is 4. The maximum Gasteiger partial charge on any atom is 0.147 e. The van der Waals surface area contributed by atoms with Crippen molar-refractivity contribution in [3.63, 3.8) is 0 Å². The normalized spacial score (nSPS) is 11.5. The molecule has 1 N–H and O–H groups in total. The quantitative estimate of drug-likeness (QED) is 0.781. The zero-order chi connectivity index (χ0) is 12.9. The van der Waals surface area contributed by atoms with Crippen molar-refractivity contribution < 1.29 is 22.7 Å². The molecule has 4 nitrogen and oxygen atoms in total. The molecule has 1 aromatic rings. The number of rotatable bonds is 6. The molecule has 0 aliphatic heterocycles. The van der Waals surface area contributed by atoms with Crippen LogP contribution in [0.2, 0.25) is 0 Å². The van der Waals surface area contributed by atoms with Gasteiger partial charge in [-0.25, -0.2) is 12.8 Å². The smallest absolute Gasteiger partial charge is 0.147 e. The summed E-state index contributed by atoms with van der Waals surface area (Å²) in [6, 6.07) is 3.83. The van der Waals surface area contributed by atoms with Crippen LogP contribution < -0.4 is 4.74 Å². The lowest BCUT2D eigenvalue weighted by Gasteiger charge is -2.09. The van der Waals surface area contributed by atoms with Gasteiger partial charge >= 0.3 is 0 Å². The van der Waals surface area contributed by atoms with Crippen LogP contribution in [0, 0.1) is 5.82 Å². The molecule has 0 saturated carbocycles. The second-order valence-electron chi connectivity index (χ2n) is 3.74. The maximum atomic E-state index is 12.8. The molecule has 0 atom stereocenters. The summed E-state index contributed by atoms with van der Waals surface area (Å²) in [4.78, 5) is 0. The van der Waals surface area contributed by atoms with E-state index in [1.54, 1.807) is 0 Å². The van der Waals surface area contributed by atoms with Gasteiger partial charge in [0.25, 0.3) is 0 Å². The van der Waals surface area contributed by atoms with Crippen molar-refractivity contribution in [2.75, 3.05) is 18.6 Å². The Morgan fingerprint density at radius 2 is 2.12 bits per heavy atom. The molecule has 0 unspecified atom stereocenters. The van der Waals surface area contributed by atoms with E-state index in [1.165, 1.54) is 18.2 Å². The fraction of sp³-hybridized carbons (Fsp3) is 0.455. The molecule has 0 aliphatic carbocycles. The van der Waals surface area contributed by atoms with Crippen molar-refractivity contribution in [1.82, 2.24) is 0 Å². The summed E-state index contributed by atoms with van der Waals surface area (Å²) >= 11 is 0. The molecule has 1 rings (SSSR count). The number of ether oxygens (including phenoxy) is 1. The highest BCUT2D eigenvalue weighted by atomic mass is 32.2. The minimum Gasteiger partial charge on any atom is -0.493 e. The molecule has 1 aromatic carbocycles. The summed E-state index contributed by atoms with van der Waals surface area (Å²) in [5, 5.41) is 8.99. The van der Waals surface area contributed by atoms with Crippen LogP contribution in [-0.2, 0) is 16.4 Å². The van der Waals surface area contributed by atoms with Crippen molar-refractivity contribution in [3.8, 4) is 5.75 Å². The van der Waals surface area contributed by atoms with E-state index in [0.29, 0.717) is 17.7 Å². The predicted octanol–water partition coefficient (Wildman–Crippen LogP) is 1.13. The first kappa shape index (κ1) is 13.9. The van der Waals surface area contributed by atoms with E-state index in [9.17, 15) is 12.8 Å². The Bertz CT molecular complexity index is 470. The Labute approximate surface area is 100.0 Å². The molecule has 0 bridgehead atoms. The average Bonchev–Trinajstić information content (AvgIpc) is 2.24. The van der Waals surface area contributed by atoms with Crippen LogP contribution in [0.3, 0.4) is 0 Å². The number of benzene rings is 1. The molecule has 0 amide bonds.